The fourth-order valence-electron chi connectivity index (χ4n) is 1.58. The Balaban J connectivity index is 2.94. The highest BCUT2D eigenvalue weighted by atomic mass is 19.2. The standard InChI is InChI=1S/C13H15F2NO3/c1-3-7(2)11(13(18)19)16-12(17)8-5-4-6-9(14)10(8)15/h4-7,11H,3H2,1-2H3,(H,16,17)(H,18,19). The summed E-state index contributed by atoms with van der Waals surface area (Å²) in [6.45, 7) is 3.43. The predicted molar refractivity (Wildman–Crippen MR) is 64.7 cm³/mol. The van der Waals surface area contributed by atoms with E-state index in [0.717, 1.165) is 12.1 Å². The Morgan fingerprint density at radius 2 is 2.00 bits per heavy atom. The van der Waals surface area contributed by atoms with Crippen molar-refractivity contribution in [2.75, 3.05) is 0 Å². The molecule has 1 rings (SSSR count). The van der Waals surface area contributed by atoms with E-state index in [1.807, 2.05) is 0 Å². The van der Waals surface area contributed by atoms with Gasteiger partial charge in [-0.15, -0.1) is 0 Å². The number of carbonyl (C=O) groups excluding carboxylic acids is 1. The molecule has 6 heteroatoms. The highest BCUT2D eigenvalue weighted by Crippen LogP contribution is 2.13. The van der Waals surface area contributed by atoms with Gasteiger partial charge in [0.05, 0.1) is 5.56 Å². The smallest absolute Gasteiger partial charge is 0.326 e. The molecule has 1 aromatic rings. The van der Waals surface area contributed by atoms with E-state index in [1.54, 1.807) is 13.8 Å². The van der Waals surface area contributed by atoms with E-state index in [9.17, 15) is 18.4 Å². The van der Waals surface area contributed by atoms with Gasteiger partial charge in [0.1, 0.15) is 6.04 Å². The number of carboxylic acid groups (broad SMARTS) is 1. The molecule has 104 valence electrons. The summed E-state index contributed by atoms with van der Waals surface area (Å²) in [7, 11) is 0. The molecule has 2 unspecified atom stereocenters. The third-order valence-electron chi connectivity index (χ3n) is 2.96. The summed E-state index contributed by atoms with van der Waals surface area (Å²) >= 11 is 0. The van der Waals surface area contributed by atoms with Crippen molar-refractivity contribution in [1.82, 2.24) is 5.32 Å². The first-order chi connectivity index (χ1) is 8.88. The molecule has 1 aromatic carbocycles. The van der Waals surface area contributed by atoms with Gasteiger partial charge in [-0.3, -0.25) is 4.79 Å². The molecule has 0 aliphatic rings. The number of halogens is 2. The molecule has 0 aliphatic carbocycles. The van der Waals surface area contributed by atoms with E-state index < -0.39 is 35.1 Å². The third kappa shape index (κ3) is 3.49. The Kier molecular flexibility index (Phi) is 4.97. The van der Waals surface area contributed by atoms with Crippen LogP contribution >= 0.6 is 0 Å². The van der Waals surface area contributed by atoms with E-state index >= 15 is 0 Å². The van der Waals surface area contributed by atoms with Crippen LogP contribution in [0.3, 0.4) is 0 Å². The predicted octanol–water partition coefficient (Wildman–Crippen LogP) is 2.19. The fourth-order valence-corrected chi connectivity index (χ4v) is 1.58. The first-order valence-electron chi connectivity index (χ1n) is 5.86. The maximum absolute atomic E-state index is 13.4. The molecule has 0 spiro atoms. The number of amides is 1. The Labute approximate surface area is 109 Å². The van der Waals surface area contributed by atoms with Gasteiger partial charge in [-0.2, -0.15) is 0 Å². The van der Waals surface area contributed by atoms with E-state index in [-0.39, 0.29) is 5.92 Å². The molecular formula is C13H15F2NO3. The number of rotatable bonds is 5. The zero-order chi connectivity index (χ0) is 14.6. The summed E-state index contributed by atoms with van der Waals surface area (Å²) in [5, 5.41) is 11.2. The van der Waals surface area contributed by atoms with Gasteiger partial charge in [0, 0.05) is 0 Å². The number of nitrogens with one attached hydrogen (secondary N) is 1. The molecule has 2 atom stereocenters. The van der Waals surface area contributed by atoms with Crippen LogP contribution in [0.4, 0.5) is 8.78 Å². The lowest BCUT2D eigenvalue weighted by Gasteiger charge is -2.20. The largest absolute Gasteiger partial charge is 0.480 e. The summed E-state index contributed by atoms with van der Waals surface area (Å²) in [5.41, 5.74) is -0.505. The summed E-state index contributed by atoms with van der Waals surface area (Å²) in [5.74, 6) is -4.90. The Hall–Kier alpha value is -1.98. The lowest BCUT2D eigenvalue weighted by molar-refractivity contribution is -0.140. The van der Waals surface area contributed by atoms with E-state index in [0.29, 0.717) is 6.42 Å². The van der Waals surface area contributed by atoms with Gasteiger partial charge in [0.25, 0.3) is 5.91 Å². The van der Waals surface area contributed by atoms with Gasteiger partial charge in [0.2, 0.25) is 0 Å². The molecule has 0 radical (unpaired) electrons. The monoisotopic (exact) mass is 271 g/mol. The molecule has 0 fully saturated rings. The number of hydrogen-bond acceptors (Lipinski definition) is 2. The summed E-state index contributed by atoms with van der Waals surface area (Å²) in [6.07, 6.45) is 0.531. The van der Waals surface area contributed by atoms with Crippen LogP contribution < -0.4 is 5.32 Å². The Bertz CT molecular complexity index is 491. The average Bonchev–Trinajstić information content (AvgIpc) is 2.37. The van der Waals surface area contributed by atoms with Crippen molar-refractivity contribution in [2.45, 2.75) is 26.3 Å². The number of benzene rings is 1. The molecule has 0 aromatic heterocycles. The van der Waals surface area contributed by atoms with Gasteiger partial charge in [-0.1, -0.05) is 26.3 Å². The molecule has 0 aliphatic heterocycles. The van der Waals surface area contributed by atoms with Crippen molar-refractivity contribution < 1.29 is 23.5 Å². The molecule has 4 nitrogen and oxygen atoms in total. The summed E-state index contributed by atoms with van der Waals surface area (Å²) in [4.78, 5) is 22.8. The van der Waals surface area contributed by atoms with Crippen LogP contribution in [-0.4, -0.2) is 23.0 Å². The average molecular weight is 271 g/mol. The van der Waals surface area contributed by atoms with E-state index in [4.69, 9.17) is 5.11 Å². The van der Waals surface area contributed by atoms with Crippen molar-refractivity contribution in [1.29, 1.82) is 0 Å². The minimum Gasteiger partial charge on any atom is -0.480 e. The van der Waals surface area contributed by atoms with Crippen LogP contribution in [0.1, 0.15) is 30.6 Å². The Morgan fingerprint density at radius 3 is 2.53 bits per heavy atom. The molecular weight excluding hydrogens is 256 g/mol. The second kappa shape index (κ2) is 6.26. The zero-order valence-electron chi connectivity index (χ0n) is 10.6. The second-order valence-corrected chi connectivity index (χ2v) is 4.28. The molecule has 0 bridgehead atoms. The number of hydrogen-bond donors (Lipinski definition) is 2. The first-order valence-corrected chi connectivity index (χ1v) is 5.86. The topological polar surface area (TPSA) is 66.4 Å². The van der Waals surface area contributed by atoms with Crippen LogP contribution in [0.15, 0.2) is 18.2 Å². The van der Waals surface area contributed by atoms with Crippen LogP contribution in [0.2, 0.25) is 0 Å². The maximum Gasteiger partial charge on any atom is 0.326 e. The number of carboxylic acids is 1. The van der Waals surface area contributed by atoms with Gasteiger partial charge in [-0.25, -0.2) is 13.6 Å². The first kappa shape index (κ1) is 15.1. The van der Waals surface area contributed by atoms with Gasteiger partial charge < -0.3 is 10.4 Å². The van der Waals surface area contributed by atoms with Crippen molar-refractivity contribution in [2.24, 2.45) is 5.92 Å². The van der Waals surface area contributed by atoms with Crippen molar-refractivity contribution in [3.63, 3.8) is 0 Å². The molecule has 2 N–H and O–H groups in total. The van der Waals surface area contributed by atoms with Crippen molar-refractivity contribution in [3.05, 3.63) is 35.4 Å². The summed E-state index contributed by atoms with van der Waals surface area (Å²) < 4.78 is 26.4. The van der Waals surface area contributed by atoms with Gasteiger partial charge in [0.15, 0.2) is 11.6 Å². The summed E-state index contributed by atoms with van der Waals surface area (Å²) in [6, 6.07) is 2.03. The molecule has 19 heavy (non-hydrogen) atoms. The quantitative estimate of drug-likeness (QED) is 0.862. The van der Waals surface area contributed by atoms with E-state index in [1.165, 1.54) is 6.07 Å². The third-order valence-corrected chi connectivity index (χ3v) is 2.96. The Morgan fingerprint density at radius 1 is 1.37 bits per heavy atom. The second-order valence-electron chi connectivity index (χ2n) is 4.28. The lowest BCUT2D eigenvalue weighted by Crippen LogP contribution is -2.45. The minimum atomic E-state index is -1.28. The molecule has 0 heterocycles. The molecule has 1 amide bonds. The zero-order valence-corrected chi connectivity index (χ0v) is 10.6. The fraction of sp³-hybridized carbons (Fsp3) is 0.385. The SMILES string of the molecule is CCC(C)C(NC(=O)c1cccc(F)c1F)C(=O)O. The molecule has 0 saturated carbocycles. The maximum atomic E-state index is 13.4. The highest BCUT2D eigenvalue weighted by molar-refractivity contribution is 5.96. The van der Waals surface area contributed by atoms with E-state index in [2.05, 4.69) is 5.32 Å². The van der Waals surface area contributed by atoms with Crippen LogP contribution in [0, 0.1) is 17.6 Å². The number of carbonyl (C=O) groups is 2. The highest BCUT2D eigenvalue weighted by Gasteiger charge is 2.27. The van der Waals surface area contributed by atoms with Crippen molar-refractivity contribution >= 4 is 11.9 Å². The van der Waals surface area contributed by atoms with Crippen LogP contribution in [-0.2, 0) is 4.79 Å². The van der Waals surface area contributed by atoms with Crippen LogP contribution in [0.25, 0.3) is 0 Å². The lowest BCUT2D eigenvalue weighted by atomic mass is 9.99. The minimum absolute atomic E-state index is 0.321. The van der Waals surface area contributed by atoms with Crippen molar-refractivity contribution in [3.8, 4) is 0 Å². The van der Waals surface area contributed by atoms with Gasteiger partial charge >= 0.3 is 5.97 Å². The normalized spacial score (nSPS) is 13.7. The number of aliphatic carboxylic acids is 1. The van der Waals surface area contributed by atoms with Crippen LogP contribution in [0.5, 0.6) is 0 Å². The van der Waals surface area contributed by atoms with Gasteiger partial charge in [-0.05, 0) is 18.1 Å². The molecule has 0 saturated heterocycles.